The highest BCUT2D eigenvalue weighted by molar-refractivity contribution is 5.72. The lowest BCUT2D eigenvalue weighted by Gasteiger charge is -2.34. The third-order valence-corrected chi connectivity index (χ3v) is 8.45. The number of ether oxygens (including phenoxy) is 1. The van der Waals surface area contributed by atoms with Crippen LogP contribution in [-0.4, -0.2) is 35.0 Å². The second-order valence-corrected chi connectivity index (χ2v) is 10.8. The summed E-state index contributed by atoms with van der Waals surface area (Å²) in [5, 5.41) is 19.8. The van der Waals surface area contributed by atoms with Gasteiger partial charge in [-0.05, 0) is 77.3 Å². The summed E-state index contributed by atoms with van der Waals surface area (Å²) in [6.45, 7) is 9.75. The highest BCUT2D eigenvalue weighted by atomic mass is 19.1. The van der Waals surface area contributed by atoms with E-state index in [1.54, 1.807) is 12.1 Å². The average molecular weight is 531 g/mol. The molecule has 0 aromatic heterocycles. The van der Waals surface area contributed by atoms with Crippen molar-refractivity contribution in [3.8, 4) is 11.1 Å². The Bertz CT molecular complexity index is 1360. The van der Waals surface area contributed by atoms with Crippen LogP contribution in [0.3, 0.4) is 0 Å². The molecule has 0 aliphatic carbocycles. The van der Waals surface area contributed by atoms with Crippen LogP contribution in [0.25, 0.3) is 17.2 Å². The van der Waals surface area contributed by atoms with E-state index in [0.717, 1.165) is 40.7 Å². The fourth-order valence-corrected chi connectivity index (χ4v) is 5.84. The van der Waals surface area contributed by atoms with Crippen LogP contribution in [0.2, 0.25) is 0 Å². The molecule has 206 valence electrons. The van der Waals surface area contributed by atoms with Crippen molar-refractivity contribution in [2.75, 3.05) is 13.2 Å². The Labute approximate surface area is 231 Å². The molecule has 0 saturated carbocycles. The molecule has 0 atom stereocenters. The zero-order valence-electron chi connectivity index (χ0n) is 23.4. The molecule has 0 unspecified atom stereocenters. The van der Waals surface area contributed by atoms with Crippen molar-refractivity contribution in [3.63, 3.8) is 0 Å². The zero-order valence-corrected chi connectivity index (χ0v) is 23.4. The van der Waals surface area contributed by atoms with Gasteiger partial charge >= 0.3 is 5.97 Å². The van der Waals surface area contributed by atoms with Gasteiger partial charge in [0.1, 0.15) is 5.82 Å². The number of aryl methyl sites for hydroxylation is 2. The molecule has 39 heavy (non-hydrogen) atoms. The third-order valence-electron chi connectivity index (χ3n) is 8.45. The Morgan fingerprint density at radius 3 is 2.18 bits per heavy atom. The Morgan fingerprint density at radius 2 is 1.62 bits per heavy atom. The summed E-state index contributed by atoms with van der Waals surface area (Å²) in [7, 11) is 0. The van der Waals surface area contributed by atoms with Gasteiger partial charge in [-0.1, -0.05) is 74.5 Å². The van der Waals surface area contributed by atoms with E-state index in [2.05, 4.69) is 57.2 Å². The topological polar surface area (TPSA) is 66.8 Å². The Hall–Kier alpha value is -3.28. The first-order valence-corrected chi connectivity index (χ1v) is 13.8. The van der Waals surface area contributed by atoms with Crippen LogP contribution in [0, 0.1) is 19.7 Å². The molecule has 0 amide bonds. The van der Waals surface area contributed by atoms with E-state index >= 15 is 0 Å². The van der Waals surface area contributed by atoms with Gasteiger partial charge in [-0.25, -0.2) is 4.39 Å². The summed E-state index contributed by atoms with van der Waals surface area (Å²) >= 11 is 0. The summed E-state index contributed by atoms with van der Waals surface area (Å²) in [6.07, 6.45) is 6.70. The first-order valence-electron chi connectivity index (χ1n) is 13.8. The number of hydrogen-bond donors (Lipinski definition) is 2. The molecule has 1 fully saturated rings. The van der Waals surface area contributed by atoms with Crippen LogP contribution in [0.1, 0.15) is 72.9 Å². The van der Waals surface area contributed by atoms with Gasteiger partial charge < -0.3 is 14.9 Å². The maximum absolute atomic E-state index is 14.6. The van der Waals surface area contributed by atoms with E-state index in [9.17, 15) is 14.3 Å². The number of carbonyl (C=O) groups is 1. The largest absolute Gasteiger partial charge is 0.481 e. The first-order chi connectivity index (χ1) is 18.6. The first kappa shape index (κ1) is 28.7. The van der Waals surface area contributed by atoms with E-state index in [0.29, 0.717) is 26.1 Å². The fourth-order valence-electron chi connectivity index (χ4n) is 5.84. The highest BCUT2D eigenvalue weighted by Crippen LogP contribution is 2.41. The van der Waals surface area contributed by atoms with Crippen LogP contribution in [-0.2, 0) is 21.4 Å². The van der Waals surface area contributed by atoms with E-state index in [1.807, 2.05) is 19.1 Å². The summed E-state index contributed by atoms with van der Waals surface area (Å²) in [5.41, 5.74) is 6.66. The van der Waals surface area contributed by atoms with Gasteiger partial charge in [0.05, 0.1) is 12.0 Å². The Balaban J connectivity index is 1.65. The number of halogens is 1. The summed E-state index contributed by atoms with van der Waals surface area (Å²) in [4.78, 5) is 11.0. The Kier molecular flexibility index (Phi) is 8.73. The normalized spacial score (nSPS) is 15.5. The van der Waals surface area contributed by atoms with Crippen molar-refractivity contribution >= 4 is 12.0 Å². The number of carboxylic acids is 1. The van der Waals surface area contributed by atoms with Crippen molar-refractivity contribution in [1.29, 1.82) is 0 Å². The SMILES string of the molecule is CCC(CC)(c1ccc(/C=C/C2(O)CCOCC2)c(C)c1)c1ccc(-c2ccc(CC(=O)O)c(F)c2)c(C)c1. The van der Waals surface area contributed by atoms with E-state index in [1.165, 1.54) is 17.2 Å². The molecule has 0 bridgehead atoms. The molecule has 1 heterocycles. The minimum absolute atomic E-state index is 0.175. The molecular formula is C34H39FO4. The highest BCUT2D eigenvalue weighted by Gasteiger charge is 2.32. The molecule has 1 aliphatic heterocycles. The van der Waals surface area contributed by atoms with Gasteiger partial charge in [-0.15, -0.1) is 0 Å². The Morgan fingerprint density at radius 1 is 0.974 bits per heavy atom. The van der Waals surface area contributed by atoms with Gasteiger partial charge in [0.2, 0.25) is 0 Å². The van der Waals surface area contributed by atoms with Gasteiger partial charge in [0.15, 0.2) is 0 Å². The minimum Gasteiger partial charge on any atom is -0.481 e. The molecular weight excluding hydrogens is 491 g/mol. The van der Waals surface area contributed by atoms with Crippen LogP contribution in [0.15, 0.2) is 60.7 Å². The maximum Gasteiger partial charge on any atom is 0.307 e. The maximum atomic E-state index is 14.6. The molecule has 1 saturated heterocycles. The third kappa shape index (κ3) is 6.15. The molecule has 4 nitrogen and oxygen atoms in total. The van der Waals surface area contributed by atoms with E-state index < -0.39 is 17.4 Å². The fraction of sp³-hybridized carbons (Fsp3) is 0.382. The predicted octanol–water partition coefficient (Wildman–Crippen LogP) is 7.40. The lowest BCUT2D eigenvalue weighted by Crippen LogP contribution is -2.33. The molecule has 4 rings (SSSR count). The van der Waals surface area contributed by atoms with Crippen molar-refractivity contribution in [2.45, 2.75) is 70.8 Å². The number of hydrogen-bond acceptors (Lipinski definition) is 3. The number of aliphatic carboxylic acids is 1. The number of aliphatic hydroxyl groups is 1. The predicted molar refractivity (Wildman–Crippen MR) is 154 cm³/mol. The number of carboxylic acid groups (broad SMARTS) is 1. The molecule has 5 heteroatoms. The number of benzene rings is 3. The van der Waals surface area contributed by atoms with E-state index in [4.69, 9.17) is 9.84 Å². The molecule has 0 radical (unpaired) electrons. The van der Waals surface area contributed by atoms with Crippen LogP contribution in [0.5, 0.6) is 0 Å². The second kappa shape index (κ2) is 11.8. The smallest absolute Gasteiger partial charge is 0.307 e. The van der Waals surface area contributed by atoms with Crippen LogP contribution < -0.4 is 0 Å². The van der Waals surface area contributed by atoms with Crippen molar-refractivity contribution < 1.29 is 24.1 Å². The van der Waals surface area contributed by atoms with Gasteiger partial charge in [0.25, 0.3) is 0 Å². The minimum atomic E-state index is -1.05. The van der Waals surface area contributed by atoms with E-state index in [-0.39, 0.29) is 17.4 Å². The van der Waals surface area contributed by atoms with Crippen molar-refractivity contribution in [3.05, 3.63) is 99.9 Å². The monoisotopic (exact) mass is 530 g/mol. The van der Waals surface area contributed by atoms with Crippen LogP contribution in [0.4, 0.5) is 4.39 Å². The quantitative estimate of drug-likeness (QED) is 0.303. The standard InChI is InChI=1S/C34H39FO4/c1-5-34(6-2,28-10-9-25(23(3)19-28)13-14-33(38)15-17-39-18-16-33)29-11-12-30(24(4)20-29)26-7-8-27(22-32(36)37)31(35)21-26/h7-14,19-21,38H,5-6,15-18,22H2,1-4H3,(H,36,37)/b14-13+. The lowest BCUT2D eigenvalue weighted by atomic mass is 9.69. The zero-order chi connectivity index (χ0) is 28.2. The summed E-state index contributed by atoms with van der Waals surface area (Å²) in [5.74, 6) is -1.54. The second-order valence-electron chi connectivity index (χ2n) is 10.8. The average Bonchev–Trinajstić information content (AvgIpc) is 2.91. The molecule has 3 aromatic carbocycles. The van der Waals surface area contributed by atoms with Gasteiger partial charge in [-0.3, -0.25) is 4.79 Å². The molecule has 2 N–H and O–H groups in total. The van der Waals surface area contributed by atoms with Crippen molar-refractivity contribution in [1.82, 2.24) is 0 Å². The molecule has 0 spiro atoms. The lowest BCUT2D eigenvalue weighted by molar-refractivity contribution is -0.136. The van der Waals surface area contributed by atoms with Crippen LogP contribution >= 0.6 is 0 Å². The van der Waals surface area contributed by atoms with Gasteiger partial charge in [0, 0.05) is 31.5 Å². The van der Waals surface area contributed by atoms with Gasteiger partial charge in [-0.2, -0.15) is 0 Å². The summed E-state index contributed by atoms with van der Waals surface area (Å²) < 4.78 is 20.0. The number of rotatable bonds is 9. The molecule has 1 aliphatic rings. The summed E-state index contributed by atoms with van der Waals surface area (Å²) in [6, 6.07) is 17.8. The van der Waals surface area contributed by atoms with Crippen molar-refractivity contribution in [2.24, 2.45) is 0 Å². The molecule has 3 aromatic rings.